The lowest BCUT2D eigenvalue weighted by atomic mass is 10.1. The Bertz CT molecular complexity index is 595. The molecule has 1 N–H and O–H groups in total. The number of aromatic nitrogens is 1. The molecule has 0 saturated carbocycles. The average Bonchev–Trinajstić information content (AvgIpc) is 2.80. The van der Waals surface area contributed by atoms with E-state index in [0.29, 0.717) is 6.04 Å². The van der Waals surface area contributed by atoms with E-state index in [2.05, 4.69) is 23.3 Å². The van der Waals surface area contributed by atoms with E-state index in [1.807, 2.05) is 18.3 Å². The Balaban J connectivity index is 1.72. The minimum atomic E-state index is -0.139. The van der Waals surface area contributed by atoms with Crippen LogP contribution >= 0.6 is 0 Å². The molecule has 1 aromatic heterocycles. The number of nitrogens with zero attached hydrogens (tertiary/aromatic N) is 1. The number of benzene rings is 1. The van der Waals surface area contributed by atoms with Gasteiger partial charge in [0, 0.05) is 18.8 Å². The van der Waals surface area contributed by atoms with Crippen LogP contribution in [0.2, 0.25) is 0 Å². The van der Waals surface area contributed by atoms with E-state index in [0.717, 1.165) is 30.6 Å². The number of nitrogens with one attached hydrogen (secondary N) is 1. The summed E-state index contributed by atoms with van der Waals surface area (Å²) in [5, 5.41) is 3.53. The third-order valence-corrected chi connectivity index (χ3v) is 3.82. The van der Waals surface area contributed by atoms with Gasteiger partial charge in [-0.05, 0) is 54.7 Å². The van der Waals surface area contributed by atoms with E-state index in [1.54, 1.807) is 12.1 Å². The Hall–Kier alpha value is -1.74. The molecule has 1 aliphatic carbocycles. The molecule has 1 heterocycles. The van der Waals surface area contributed by atoms with Crippen molar-refractivity contribution in [2.75, 3.05) is 0 Å². The monoisotopic (exact) mass is 256 g/mol. The highest BCUT2D eigenvalue weighted by Gasteiger charge is 2.22. The fourth-order valence-electron chi connectivity index (χ4n) is 2.72. The SMILES string of the molecule is Cc1cccnc1CNC1CCc2cc(F)ccc21. The van der Waals surface area contributed by atoms with Crippen molar-refractivity contribution in [3.63, 3.8) is 0 Å². The second-order valence-electron chi connectivity index (χ2n) is 5.08. The molecular formula is C16H17FN2. The van der Waals surface area contributed by atoms with Crippen LogP contribution in [0.3, 0.4) is 0 Å². The Morgan fingerprint density at radius 1 is 1.37 bits per heavy atom. The zero-order chi connectivity index (χ0) is 13.2. The first kappa shape index (κ1) is 12.3. The molecule has 0 saturated heterocycles. The quantitative estimate of drug-likeness (QED) is 0.911. The van der Waals surface area contributed by atoms with Gasteiger partial charge in [-0.15, -0.1) is 0 Å². The van der Waals surface area contributed by atoms with Crippen molar-refractivity contribution in [2.24, 2.45) is 0 Å². The molecule has 0 spiro atoms. The predicted octanol–water partition coefficient (Wildman–Crippen LogP) is 3.31. The molecule has 2 nitrogen and oxygen atoms in total. The first-order valence-electron chi connectivity index (χ1n) is 6.66. The van der Waals surface area contributed by atoms with E-state index in [4.69, 9.17) is 0 Å². The number of hydrogen-bond donors (Lipinski definition) is 1. The normalized spacial score (nSPS) is 17.5. The Morgan fingerprint density at radius 3 is 3.11 bits per heavy atom. The molecule has 1 aromatic carbocycles. The Morgan fingerprint density at radius 2 is 2.26 bits per heavy atom. The van der Waals surface area contributed by atoms with Crippen molar-refractivity contribution < 1.29 is 4.39 Å². The van der Waals surface area contributed by atoms with Crippen molar-refractivity contribution >= 4 is 0 Å². The highest BCUT2D eigenvalue weighted by atomic mass is 19.1. The van der Waals surface area contributed by atoms with E-state index in [9.17, 15) is 4.39 Å². The first-order valence-corrected chi connectivity index (χ1v) is 6.66. The maximum absolute atomic E-state index is 13.2. The summed E-state index contributed by atoms with van der Waals surface area (Å²) in [7, 11) is 0. The topological polar surface area (TPSA) is 24.9 Å². The summed E-state index contributed by atoms with van der Waals surface area (Å²) in [5.74, 6) is -0.139. The molecule has 1 unspecified atom stereocenters. The van der Waals surface area contributed by atoms with E-state index >= 15 is 0 Å². The maximum atomic E-state index is 13.2. The van der Waals surface area contributed by atoms with Crippen molar-refractivity contribution in [2.45, 2.75) is 32.4 Å². The lowest BCUT2D eigenvalue weighted by molar-refractivity contribution is 0.524. The van der Waals surface area contributed by atoms with Crippen LogP contribution < -0.4 is 5.32 Å². The summed E-state index contributed by atoms with van der Waals surface area (Å²) < 4.78 is 13.2. The summed E-state index contributed by atoms with van der Waals surface area (Å²) in [6, 6.07) is 9.44. The standard InChI is InChI=1S/C16H17FN2/c1-11-3-2-8-18-16(11)10-19-15-7-4-12-9-13(17)5-6-14(12)15/h2-3,5-6,8-9,15,19H,4,7,10H2,1H3. The molecule has 98 valence electrons. The van der Waals surface area contributed by atoms with Gasteiger partial charge < -0.3 is 5.32 Å². The second-order valence-corrected chi connectivity index (χ2v) is 5.08. The van der Waals surface area contributed by atoms with E-state index in [1.165, 1.54) is 11.1 Å². The van der Waals surface area contributed by atoms with Crippen LogP contribution in [0.25, 0.3) is 0 Å². The van der Waals surface area contributed by atoms with Gasteiger partial charge in [0.05, 0.1) is 5.69 Å². The van der Waals surface area contributed by atoms with Gasteiger partial charge in [0.15, 0.2) is 0 Å². The summed E-state index contributed by atoms with van der Waals surface area (Å²) in [6.45, 7) is 2.83. The van der Waals surface area contributed by atoms with Crippen LogP contribution in [-0.2, 0) is 13.0 Å². The molecule has 3 rings (SSSR count). The number of pyridine rings is 1. The van der Waals surface area contributed by atoms with Crippen molar-refractivity contribution in [1.82, 2.24) is 10.3 Å². The lowest BCUT2D eigenvalue weighted by Gasteiger charge is -2.14. The largest absolute Gasteiger partial charge is 0.304 e. The summed E-state index contributed by atoms with van der Waals surface area (Å²) in [5.41, 5.74) is 4.65. The highest BCUT2D eigenvalue weighted by molar-refractivity contribution is 5.35. The molecule has 19 heavy (non-hydrogen) atoms. The second kappa shape index (κ2) is 5.10. The van der Waals surface area contributed by atoms with E-state index < -0.39 is 0 Å². The number of halogens is 1. The highest BCUT2D eigenvalue weighted by Crippen LogP contribution is 2.31. The third kappa shape index (κ3) is 2.51. The number of fused-ring (bicyclic) bond motifs is 1. The zero-order valence-corrected chi connectivity index (χ0v) is 11.0. The van der Waals surface area contributed by atoms with Gasteiger partial charge in [0.2, 0.25) is 0 Å². The molecule has 1 atom stereocenters. The van der Waals surface area contributed by atoms with Gasteiger partial charge in [-0.25, -0.2) is 4.39 Å². The van der Waals surface area contributed by atoms with Gasteiger partial charge in [0.25, 0.3) is 0 Å². The fourth-order valence-corrected chi connectivity index (χ4v) is 2.72. The van der Waals surface area contributed by atoms with Crippen LogP contribution in [0.5, 0.6) is 0 Å². The van der Waals surface area contributed by atoms with Gasteiger partial charge >= 0.3 is 0 Å². The Kier molecular flexibility index (Phi) is 3.30. The van der Waals surface area contributed by atoms with Crippen LogP contribution in [0.4, 0.5) is 4.39 Å². The smallest absolute Gasteiger partial charge is 0.123 e. The van der Waals surface area contributed by atoms with Gasteiger partial charge in [-0.3, -0.25) is 4.98 Å². The molecule has 0 bridgehead atoms. The molecule has 3 heteroatoms. The molecular weight excluding hydrogens is 239 g/mol. The number of rotatable bonds is 3. The molecule has 0 fully saturated rings. The minimum Gasteiger partial charge on any atom is -0.304 e. The number of aryl methyl sites for hydroxylation is 2. The summed E-state index contributed by atoms with van der Waals surface area (Å²) in [6.07, 6.45) is 3.80. The molecule has 0 amide bonds. The zero-order valence-electron chi connectivity index (χ0n) is 11.0. The molecule has 2 aromatic rings. The van der Waals surface area contributed by atoms with Crippen molar-refractivity contribution in [1.29, 1.82) is 0 Å². The third-order valence-electron chi connectivity index (χ3n) is 3.82. The number of hydrogen-bond acceptors (Lipinski definition) is 2. The molecule has 0 aliphatic heterocycles. The van der Waals surface area contributed by atoms with Crippen LogP contribution in [-0.4, -0.2) is 4.98 Å². The van der Waals surface area contributed by atoms with Crippen molar-refractivity contribution in [3.8, 4) is 0 Å². The van der Waals surface area contributed by atoms with E-state index in [-0.39, 0.29) is 5.82 Å². The Labute approximate surface area is 112 Å². The maximum Gasteiger partial charge on any atom is 0.123 e. The lowest BCUT2D eigenvalue weighted by Crippen LogP contribution is -2.19. The first-order chi connectivity index (χ1) is 9.24. The van der Waals surface area contributed by atoms with Crippen LogP contribution in [0.15, 0.2) is 36.5 Å². The minimum absolute atomic E-state index is 0.139. The fraction of sp³-hybridized carbons (Fsp3) is 0.312. The summed E-state index contributed by atoms with van der Waals surface area (Å²) >= 11 is 0. The predicted molar refractivity (Wildman–Crippen MR) is 73.3 cm³/mol. The van der Waals surface area contributed by atoms with Gasteiger partial charge in [-0.1, -0.05) is 12.1 Å². The van der Waals surface area contributed by atoms with Crippen molar-refractivity contribution in [3.05, 3.63) is 64.7 Å². The molecule has 0 radical (unpaired) electrons. The van der Waals surface area contributed by atoms with Crippen LogP contribution in [0, 0.1) is 12.7 Å². The van der Waals surface area contributed by atoms with Gasteiger partial charge in [0.1, 0.15) is 5.82 Å². The average molecular weight is 256 g/mol. The molecule has 1 aliphatic rings. The van der Waals surface area contributed by atoms with Gasteiger partial charge in [-0.2, -0.15) is 0 Å². The summed E-state index contributed by atoms with van der Waals surface area (Å²) in [4.78, 5) is 4.39. The van der Waals surface area contributed by atoms with Crippen LogP contribution in [0.1, 0.15) is 34.8 Å².